The van der Waals surface area contributed by atoms with Gasteiger partial charge in [0.1, 0.15) is 17.5 Å². The quantitative estimate of drug-likeness (QED) is 0.885. The fourth-order valence-corrected chi connectivity index (χ4v) is 2.74. The van der Waals surface area contributed by atoms with Gasteiger partial charge in [-0.1, -0.05) is 0 Å². The van der Waals surface area contributed by atoms with Crippen molar-refractivity contribution in [3.8, 4) is 0 Å². The number of ether oxygens (including phenoxy) is 1. The Labute approximate surface area is 120 Å². The Balaban J connectivity index is 1.88. The Morgan fingerprint density at radius 1 is 1.25 bits per heavy atom. The first-order valence-corrected chi connectivity index (χ1v) is 7.53. The molecule has 0 aromatic carbocycles. The number of hydrogen-bond donors (Lipinski definition) is 2. The van der Waals surface area contributed by atoms with E-state index in [9.17, 15) is 0 Å². The van der Waals surface area contributed by atoms with Gasteiger partial charge in [-0.15, -0.1) is 0 Å². The molecule has 0 radical (unpaired) electrons. The van der Waals surface area contributed by atoms with Crippen LogP contribution >= 0.6 is 0 Å². The molecule has 2 N–H and O–H groups in total. The molecule has 0 bridgehead atoms. The maximum absolute atomic E-state index is 5.62. The summed E-state index contributed by atoms with van der Waals surface area (Å²) in [5.74, 6) is 3.42. The van der Waals surface area contributed by atoms with Gasteiger partial charge in [0.05, 0.1) is 12.1 Å². The van der Waals surface area contributed by atoms with Crippen molar-refractivity contribution in [2.24, 2.45) is 0 Å². The second-order valence-electron chi connectivity index (χ2n) is 6.27. The highest BCUT2D eigenvalue weighted by Gasteiger charge is 2.31. The smallest absolute Gasteiger partial charge is 0.136 e. The fraction of sp³-hybridized carbons (Fsp3) is 0.733. The zero-order valence-electron chi connectivity index (χ0n) is 12.6. The Hall–Kier alpha value is -1.36. The standard InChI is InChI=1S/C15H24N4O/c1-10-12(16-3)17-14(11-5-6-11)18-13(10)19-15(2)7-4-8-20-9-15/h11H,4-9H2,1-3H3,(H2,16,17,18,19). The van der Waals surface area contributed by atoms with E-state index in [0.29, 0.717) is 5.92 Å². The molecule has 20 heavy (non-hydrogen) atoms. The number of rotatable bonds is 4. The maximum Gasteiger partial charge on any atom is 0.136 e. The van der Waals surface area contributed by atoms with Crippen LogP contribution in [0.15, 0.2) is 0 Å². The van der Waals surface area contributed by atoms with Gasteiger partial charge in [-0.3, -0.25) is 0 Å². The monoisotopic (exact) mass is 276 g/mol. The van der Waals surface area contributed by atoms with E-state index in [-0.39, 0.29) is 5.54 Å². The largest absolute Gasteiger partial charge is 0.379 e. The van der Waals surface area contributed by atoms with Crippen LogP contribution in [0.4, 0.5) is 11.6 Å². The lowest BCUT2D eigenvalue weighted by Crippen LogP contribution is -2.43. The summed E-state index contributed by atoms with van der Waals surface area (Å²) in [7, 11) is 1.92. The van der Waals surface area contributed by atoms with Crippen LogP contribution in [0.5, 0.6) is 0 Å². The van der Waals surface area contributed by atoms with E-state index < -0.39 is 0 Å². The Bertz CT molecular complexity index is 493. The lowest BCUT2D eigenvalue weighted by atomic mass is 9.94. The first kappa shape index (κ1) is 13.6. The molecule has 5 heteroatoms. The topological polar surface area (TPSA) is 59.1 Å². The molecular formula is C15H24N4O. The zero-order chi connectivity index (χ0) is 14.2. The van der Waals surface area contributed by atoms with E-state index in [1.165, 1.54) is 12.8 Å². The number of nitrogens with zero attached hydrogens (tertiary/aromatic N) is 2. The van der Waals surface area contributed by atoms with E-state index in [0.717, 1.165) is 49.1 Å². The van der Waals surface area contributed by atoms with Crippen molar-refractivity contribution in [1.82, 2.24) is 9.97 Å². The highest BCUT2D eigenvalue weighted by Crippen LogP contribution is 2.40. The normalized spacial score (nSPS) is 26.4. The molecule has 2 heterocycles. The van der Waals surface area contributed by atoms with Crippen molar-refractivity contribution in [2.45, 2.75) is 51.0 Å². The molecule has 1 unspecified atom stereocenters. The summed E-state index contributed by atoms with van der Waals surface area (Å²) >= 11 is 0. The Morgan fingerprint density at radius 3 is 2.60 bits per heavy atom. The molecular weight excluding hydrogens is 252 g/mol. The predicted octanol–water partition coefficient (Wildman–Crippen LogP) is 2.69. The third-order valence-electron chi connectivity index (χ3n) is 4.20. The third-order valence-corrected chi connectivity index (χ3v) is 4.20. The summed E-state index contributed by atoms with van der Waals surface area (Å²) < 4.78 is 5.62. The third kappa shape index (κ3) is 2.73. The second-order valence-corrected chi connectivity index (χ2v) is 6.27. The molecule has 1 aromatic heterocycles. The maximum atomic E-state index is 5.62. The van der Waals surface area contributed by atoms with E-state index in [4.69, 9.17) is 9.72 Å². The van der Waals surface area contributed by atoms with Crippen LogP contribution in [0.3, 0.4) is 0 Å². The van der Waals surface area contributed by atoms with Crippen molar-refractivity contribution >= 4 is 11.6 Å². The van der Waals surface area contributed by atoms with Crippen LogP contribution in [0.2, 0.25) is 0 Å². The molecule has 2 aliphatic rings. The number of aromatic nitrogens is 2. The summed E-state index contributed by atoms with van der Waals surface area (Å²) in [6.07, 6.45) is 4.64. The first-order valence-electron chi connectivity index (χ1n) is 7.53. The minimum atomic E-state index is -0.0246. The molecule has 1 aromatic rings. The van der Waals surface area contributed by atoms with E-state index in [1.54, 1.807) is 0 Å². The summed E-state index contributed by atoms with van der Waals surface area (Å²) in [4.78, 5) is 9.40. The highest BCUT2D eigenvalue weighted by molar-refractivity contribution is 5.58. The molecule has 1 aliphatic heterocycles. The molecule has 5 nitrogen and oxygen atoms in total. The van der Waals surface area contributed by atoms with Crippen LogP contribution in [0, 0.1) is 6.92 Å². The van der Waals surface area contributed by atoms with Crippen molar-refractivity contribution in [2.75, 3.05) is 30.9 Å². The van der Waals surface area contributed by atoms with Crippen molar-refractivity contribution in [3.05, 3.63) is 11.4 Å². The number of anilines is 2. The van der Waals surface area contributed by atoms with E-state index in [2.05, 4.69) is 29.5 Å². The molecule has 3 rings (SSSR count). The molecule has 110 valence electrons. The highest BCUT2D eigenvalue weighted by atomic mass is 16.5. The number of hydrogen-bond acceptors (Lipinski definition) is 5. The fourth-order valence-electron chi connectivity index (χ4n) is 2.74. The Morgan fingerprint density at radius 2 is 2.00 bits per heavy atom. The summed E-state index contributed by atoms with van der Waals surface area (Å²) in [6, 6.07) is 0. The van der Waals surface area contributed by atoms with Crippen molar-refractivity contribution < 1.29 is 4.74 Å². The second kappa shape index (κ2) is 5.20. The number of nitrogens with one attached hydrogen (secondary N) is 2. The molecule has 1 saturated heterocycles. The van der Waals surface area contributed by atoms with Gasteiger partial charge in [0.2, 0.25) is 0 Å². The van der Waals surface area contributed by atoms with Gasteiger partial charge in [-0.2, -0.15) is 0 Å². The first-order chi connectivity index (χ1) is 9.61. The van der Waals surface area contributed by atoms with E-state index >= 15 is 0 Å². The van der Waals surface area contributed by atoms with Gasteiger partial charge in [-0.05, 0) is 39.5 Å². The summed E-state index contributed by atoms with van der Waals surface area (Å²) in [5, 5.41) is 6.79. The molecule has 0 amide bonds. The van der Waals surface area contributed by atoms with Gasteiger partial charge in [0.25, 0.3) is 0 Å². The van der Waals surface area contributed by atoms with Crippen molar-refractivity contribution in [3.63, 3.8) is 0 Å². The van der Waals surface area contributed by atoms with Gasteiger partial charge >= 0.3 is 0 Å². The molecule has 2 fully saturated rings. The van der Waals surface area contributed by atoms with Gasteiger partial charge in [0, 0.05) is 25.1 Å². The SMILES string of the molecule is CNc1nc(C2CC2)nc(NC2(C)CCCOC2)c1C. The summed E-state index contributed by atoms with van der Waals surface area (Å²) in [6.45, 7) is 5.89. The van der Waals surface area contributed by atoms with Crippen LogP contribution in [-0.4, -0.2) is 35.8 Å². The average molecular weight is 276 g/mol. The van der Waals surface area contributed by atoms with Crippen LogP contribution in [0.25, 0.3) is 0 Å². The molecule has 1 saturated carbocycles. The van der Waals surface area contributed by atoms with Gasteiger partial charge in [-0.25, -0.2) is 9.97 Å². The average Bonchev–Trinajstić information content (AvgIpc) is 3.26. The lowest BCUT2D eigenvalue weighted by Gasteiger charge is -2.35. The molecule has 1 atom stereocenters. The van der Waals surface area contributed by atoms with Crippen molar-refractivity contribution in [1.29, 1.82) is 0 Å². The summed E-state index contributed by atoms with van der Waals surface area (Å²) in [5.41, 5.74) is 1.06. The van der Waals surface area contributed by atoms with Gasteiger partial charge in [0.15, 0.2) is 0 Å². The minimum Gasteiger partial charge on any atom is -0.379 e. The molecule has 1 aliphatic carbocycles. The van der Waals surface area contributed by atoms with Crippen LogP contribution in [-0.2, 0) is 4.74 Å². The Kier molecular flexibility index (Phi) is 3.54. The zero-order valence-corrected chi connectivity index (χ0v) is 12.6. The molecule has 0 spiro atoms. The van der Waals surface area contributed by atoms with Crippen LogP contribution < -0.4 is 10.6 Å². The van der Waals surface area contributed by atoms with Gasteiger partial charge < -0.3 is 15.4 Å². The predicted molar refractivity (Wildman–Crippen MR) is 80.4 cm³/mol. The lowest BCUT2D eigenvalue weighted by molar-refractivity contribution is 0.0538. The minimum absolute atomic E-state index is 0.0246. The van der Waals surface area contributed by atoms with Crippen LogP contribution in [0.1, 0.15) is 49.9 Å². The van der Waals surface area contributed by atoms with E-state index in [1.807, 2.05) is 7.05 Å².